The maximum atomic E-state index is 5.56. The molecule has 0 saturated heterocycles. The highest BCUT2D eigenvalue weighted by Crippen LogP contribution is 1.98. The van der Waals surface area contributed by atoms with Crippen molar-refractivity contribution >= 4 is 5.82 Å². The van der Waals surface area contributed by atoms with E-state index in [0.717, 1.165) is 18.8 Å². The van der Waals surface area contributed by atoms with Crippen molar-refractivity contribution in [2.75, 3.05) is 12.3 Å². The van der Waals surface area contributed by atoms with Crippen molar-refractivity contribution in [3.05, 3.63) is 42.1 Å². The molecule has 0 aromatic carbocycles. The van der Waals surface area contributed by atoms with Gasteiger partial charge in [-0.2, -0.15) is 0 Å². The van der Waals surface area contributed by atoms with Crippen molar-refractivity contribution in [3.8, 4) is 0 Å². The Kier molecular flexibility index (Phi) is 3.50. The highest BCUT2D eigenvalue weighted by Gasteiger charge is 1.97. The fraction of sp³-hybridized carbons (Fsp3) is 0.273. The molecular formula is C11H15N5. The van der Waals surface area contributed by atoms with Crippen LogP contribution >= 0.6 is 0 Å². The first-order valence-electron chi connectivity index (χ1n) is 5.24. The van der Waals surface area contributed by atoms with Gasteiger partial charge in [-0.1, -0.05) is 0 Å². The molecule has 0 fully saturated rings. The van der Waals surface area contributed by atoms with Crippen LogP contribution in [0.1, 0.15) is 11.4 Å². The molecule has 2 aromatic heterocycles. The summed E-state index contributed by atoms with van der Waals surface area (Å²) in [7, 11) is 0. The Labute approximate surface area is 94.1 Å². The molecule has 0 saturated carbocycles. The monoisotopic (exact) mass is 217 g/mol. The van der Waals surface area contributed by atoms with Crippen molar-refractivity contribution in [3.63, 3.8) is 0 Å². The maximum Gasteiger partial charge on any atom is 0.144 e. The SMILES string of the molecule is Nc1ccnc(CNCCc2cc[nH]c2)n1. The van der Waals surface area contributed by atoms with E-state index in [1.54, 1.807) is 12.3 Å². The molecule has 2 aromatic rings. The second-order valence-corrected chi connectivity index (χ2v) is 3.54. The van der Waals surface area contributed by atoms with Gasteiger partial charge in [-0.05, 0) is 30.7 Å². The zero-order valence-electron chi connectivity index (χ0n) is 8.98. The first-order valence-corrected chi connectivity index (χ1v) is 5.24. The average Bonchev–Trinajstić information content (AvgIpc) is 2.77. The van der Waals surface area contributed by atoms with Crippen LogP contribution in [-0.2, 0) is 13.0 Å². The van der Waals surface area contributed by atoms with Crippen LogP contribution in [0.15, 0.2) is 30.7 Å². The van der Waals surface area contributed by atoms with Crippen molar-refractivity contribution in [1.82, 2.24) is 20.3 Å². The number of nitrogens with one attached hydrogen (secondary N) is 2. The van der Waals surface area contributed by atoms with E-state index in [0.29, 0.717) is 12.4 Å². The van der Waals surface area contributed by atoms with E-state index in [4.69, 9.17) is 5.73 Å². The third kappa shape index (κ3) is 3.06. The molecule has 16 heavy (non-hydrogen) atoms. The molecule has 0 amide bonds. The number of rotatable bonds is 5. The minimum atomic E-state index is 0.512. The Morgan fingerprint density at radius 3 is 3.06 bits per heavy atom. The first-order chi connectivity index (χ1) is 7.84. The normalized spacial score (nSPS) is 10.5. The fourth-order valence-electron chi connectivity index (χ4n) is 1.45. The smallest absolute Gasteiger partial charge is 0.144 e. The minimum Gasteiger partial charge on any atom is -0.384 e. The molecule has 84 valence electrons. The predicted molar refractivity (Wildman–Crippen MR) is 62.6 cm³/mol. The summed E-state index contributed by atoms with van der Waals surface area (Å²) >= 11 is 0. The Morgan fingerprint density at radius 1 is 1.38 bits per heavy atom. The molecule has 4 N–H and O–H groups in total. The van der Waals surface area contributed by atoms with Crippen LogP contribution in [-0.4, -0.2) is 21.5 Å². The summed E-state index contributed by atoms with van der Waals surface area (Å²) in [6, 6.07) is 3.75. The van der Waals surface area contributed by atoms with E-state index in [1.165, 1.54) is 5.56 Å². The lowest BCUT2D eigenvalue weighted by Crippen LogP contribution is -2.18. The number of anilines is 1. The van der Waals surface area contributed by atoms with E-state index in [-0.39, 0.29) is 0 Å². The van der Waals surface area contributed by atoms with Crippen molar-refractivity contribution in [2.45, 2.75) is 13.0 Å². The van der Waals surface area contributed by atoms with Gasteiger partial charge in [0, 0.05) is 18.6 Å². The second-order valence-electron chi connectivity index (χ2n) is 3.54. The molecule has 0 spiro atoms. The highest BCUT2D eigenvalue weighted by atomic mass is 15.0. The van der Waals surface area contributed by atoms with Gasteiger partial charge in [-0.15, -0.1) is 0 Å². The number of hydrogen-bond acceptors (Lipinski definition) is 4. The van der Waals surface area contributed by atoms with Gasteiger partial charge in [-0.3, -0.25) is 0 Å². The summed E-state index contributed by atoms with van der Waals surface area (Å²) in [5.41, 5.74) is 6.85. The van der Waals surface area contributed by atoms with Gasteiger partial charge in [-0.25, -0.2) is 9.97 Å². The average molecular weight is 217 g/mol. The first kappa shape index (κ1) is 10.6. The number of nitrogens with zero attached hydrogens (tertiary/aromatic N) is 2. The molecular weight excluding hydrogens is 202 g/mol. The molecule has 2 rings (SSSR count). The number of nitrogen functional groups attached to an aromatic ring is 1. The van der Waals surface area contributed by atoms with E-state index in [2.05, 4.69) is 26.3 Å². The van der Waals surface area contributed by atoms with Crippen LogP contribution in [0.3, 0.4) is 0 Å². The standard InChI is InChI=1S/C11H15N5/c12-10-3-6-15-11(16-10)8-14-5-2-9-1-4-13-7-9/h1,3-4,6-7,13-14H,2,5,8H2,(H2,12,15,16). The molecule has 0 bridgehead atoms. The minimum absolute atomic E-state index is 0.512. The number of H-pyrrole nitrogens is 1. The van der Waals surface area contributed by atoms with Crippen molar-refractivity contribution < 1.29 is 0 Å². The number of hydrogen-bond donors (Lipinski definition) is 3. The van der Waals surface area contributed by atoms with Crippen LogP contribution < -0.4 is 11.1 Å². The van der Waals surface area contributed by atoms with Gasteiger partial charge in [0.05, 0.1) is 6.54 Å². The summed E-state index contributed by atoms with van der Waals surface area (Å²) in [6.07, 6.45) is 6.59. The summed E-state index contributed by atoms with van der Waals surface area (Å²) in [5, 5.41) is 3.27. The lowest BCUT2D eigenvalue weighted by molar-refractivity contribution is 0.660. The highest BCUT2D eigenvalue weighted by molar-refractivity contribution is 5.24. The summed E-state index contributed by atoms with van der Waals surface area (Å²) in [6.45, 7) is 1.55. The van der Waals surface area contributed by atoms with Crippen LogP contribution in [0.5, 0.6) is 0 Å². The predicted octanol–water partition coefficient (Wildman–Crippen LogP) is 0.719. The van der Waals surface area contributed by atoms with Crippen LogP contribution in [0.25, 0.3) is 0 Å². The lowest BCUT2D eigenvalue weighted by Gasteiger charge is -2.03. The quantitative estimate of drug-likeness (QED) is 0.645. The zero-order chi connectivity index (χ0) is 11.2. The van der Waals surface area contributed by atoms with E-state index in [9.17, 15) is 0 Å². The molecule has 5 nitrogen and oxygen atoms in total. The van der Waals surface area contributed by atoms with Crippen LogP contribution in [0.2, 0.25) is 0 Å². The second kappa shape index (κ2) is 5.27. The van der Waals surface area contributed by atoms with E-state index in [1.807, 2.05) is 12.4 Å². The zero-order valence-corrected chi connectivity index (χ0v) is 8.98. The van der Waals surface area contributed by atoms with Gasteiger partial charge in [0.25, 0.3) is 0 Å². The van der Waals surface area contributed by atoms with Gasteiger partial charge in [0.1, 0.15) is 11.6 Å². The fourth-order valence-corrected chi connectivity index (χ4v) is 1.45. The third-order valence-corrected chi connectivity index (χ3v) is 2.26. The van der Waals surface area contributed by atoms with E-state index >= 15 is 0 Å². The van der Waals surface area contributed by atoms with E-state index < -0.39 is 0 Å². The molecule has 5 heteroatoms. The Bertz CT molecular complexity index is 424. The van der Waals surface area contributed by atoms with Crippen molar-refractivity contribution in [1.29, 1.82) is 0 Å². The van der Waals surface area contributed by atoms with Gasteiger partial charge in [0.15, 0.2) is 0 Å². The Hall–Kier alpha value is -1.88. The largest absolute Gasteiger partial charge is 0.384 e. The Morgan fingerprint density at radius 2 is 2.31 bits per heavy atom. The van der Waals surface area contributed by atoms with Crippen molar-refractivity contribution in [2.24, 2.45) is 0 Å². The number of aromatic amines is 1. The number of nitrogens with two attached hydrogens (primary N) is 1. The molecule has 0 atom stereocenters. The third-order valence-electron chi connectivity index (χ3n) is 2.26. The van der Waals surface area contributed by atoms with Gasteiger partial charge in [0.2, 0.25) is 0 Å². The van der Waals surface area contributed by atoms with Gasteiger partial charge < -0.3 is 16.0 Å². The van der Waals surface area contributed by atoms with Gasteiger partial charge >= 0.3 is 0 Å². The molecule has 2 heterocycles. The molecule has 0 aliphatic carbocycles. The molecule has 0 aliphatic rings. The van der Waals surface area contributed by atoms with Crippen LogP contribution in [0.4, 0.5) is 5.82 Å². The van der Waals surface area contributed by atoms with Crippen LogP contribution in [0, 0.1) is 0 Å². The summed E-state index contributed by atoms with van der Waals surface area (Å²) in [5.74, 6) is 1.24. The summed E-state index contributed by atoms with van der Waals surface area (Å²) in [4.78, 5) is 11.2. The Balaban J connectivity index is 1.72. The summed E-state index contributed by atoms with van der Waals surface area (Å²) < 4.78 is 0. The molecule has 0 aliphatic heterocycles. The lowest BCUT2D eigenvalue weighted by atomic mass is 10.2. The topological polar surface area (TPSA) is 79.6 Å². The molecule has 0 radical (unpaired) electrons. The molecule has 0 unspecified atom stereocenters. The number of aromatic nitrogens is 3. The maximum absolute atomic E-state index is 5.56.